The van der Waals surface area contributed by atoms with Crippen LogP contribution in [0.1, 0.15) is 10.4 Å². The van der Waals surface area contributed by atoms with Crippen LogP contribution in [-0.4, -0.2) is 5.24 Å². The lowest BCUT2D eigenvalue weighted by molar-refractivity contribution is 0.108. The lowest BCUT2D eigenvalue weighted by atomic mass is 10.2. The van der Waals surface area contributed by atoms with Crippen molar-refractivity contribution in [1.29, 1.82) is 0 Å². The molecule has 0 saturated carbocycles. The van der Waals surface area contributed by atoms with E-state index >= 15 is 0 Å². The summed E-state index contributed by atoms with van der Waals surface area (Å²) < 4.78 is 1.38. The molecule has 0 atom stereocenters. The maximum absolute atomic E-state index is 10.8. The Morgan fingerprint density at radius 2 is 1.92 bits per heavy atom. The standard InChI is InChI=1S/C7H2Br2Cl2O/c8-3-1-4(9)6(7(11)12)5(10)2-3/h1-2H. The molecule has 1 nitrogen and oxygen atoms in total. The molecule has 0 aliphatic rings. The summed E-state index contributed by atoms with van der Waals surface area (Å²) in [4.78, 5) is 10.8. The van der Waals surface area contributed by atoms with Crippen molar-refractivity contribution in [2.45, 2.75) is 0 Å². The second kappa shape index (κ2) is 4.09. The third kappa shape index (κ3) is 2.22. The van der Waals surface area contributed by atoms with Crippen LogP contribution in [0.5, 0.6) is 0 Å². The summed E-state index contributed by atoms with van der Waals surface area (Å²) in [6, 6.07) is 3.32. The SMILES string of the molecule is O=C(Cl)c1c(Cl)cc(Br)cc1Br. The van der Waals surface area contributed by atoms with Crippen molar-refractivity contribution in [3.63, 3.8) is 0 Å². The van der Waals surface area contributed by atoms with Crippen LogP contribution < -0.4 is 0 Å². The Morgan fingerprint density at radius 1 is 1.33 bits per heavy atom. The van der Waals surface area contributed by atoms with Crippen LogP contribution in [0.4, 0.5) is 0 Å². The van der Waals surface area contributed by atoms with Gasteiger partial charge in [0.15, 0.2) is 0 Å². The molecule has 1 aromatic rings. The molecule has 0 aromatic heterocycles. The highest BCUT2D eigenvalue weighted by Crippen LogP contribution is 2.30. The number of rotatable bonds is 1. The molecule has 12 heavy (non-hydrogen) atoms. The van der Waals surface area contributed by atoms with E-state index in [1.807, 2.05) is 0 Å². The monoisotopic (exact) mass is 330 g/mol. The van der Waals surface area contributed by atoms with Gasteiger partial charge < -0.3 is 0 Å². The summed E-state index contributed by atoms with van der Waals surface area (Å²) in [5.74, 6) is 0. The Morgan fingerprint density at radius 3 is 2.33 bits per heavy atom. The van der Waals surface area contributed by atoms with E-state index in [0.29, 0.717) is 15.1 Å². The van der Waals surface area contributed by atoms with Crippen molar-refractivity contribution in [3.05, 3.63) is 31.7 Å². The number of hydrogen-bond acceptors (Lipinski definition) is 1. The van der Waals surface area contributed by atoms with Crippen molar-refractivity contribution in [3.8, 4) is 0 Å². The number of benzene rings is 1. The zero-order valence-electron chi connectivity index (χ0n) is 5.57. The molecule has 0 fully saturated rings. The molecule has 0 N–H and O–H groups in total. The Bertz CT molecular complexity index is 315. The van der Waals surface area contributed by atoms with E-state index in [9.17, 15) is 4.79 Å². The van der Waals surface area contributed by atoms with E-state index in [0.717, 1.165) is 4.47 Å². The molecule has 0 bridgehead atoms. The van der Waals surface area contributed by atoms with Crippen LogP contribution in [-0.2, 0) is 0 Å². The Balaban J connectivity index is 3.38. The van der Waals surface area contributed by atoms with Crippen LogP contribution in [0.25, 0.3) is 0 Å². The lowest BCUT2D eigenvalue weighted by Gasteiger charge is -2.01. The van der Waals surface area contributed by atoms with Crippen molar-refractivity contribution in [2.24, 2.45) is 0 Å². The van der Waals surface area contributed by atoms with Crippen LogP contribution in [0.15, 0.2) is 21.1 Å². The molecule has 0 radical (unpaired) electrons. The Kier molecular flexibility index (Phi) is 3.58. The summed E-state index contributed by atoms with van der Waals surface area (Å²) in [6.45, 7) is 0. The van der Waals surface area contributed by atoms with Crippen molar-refractivity contribution < 1.29 is 4.79 Å². The third-order valence-electron chi connectivity index (χ3n) is 1.20. The molecule has 0 saturated heterocycles. The molecule has 0 heterocycles. The van der Waals surface area contributed by atoms with Gasteiger partial charge in [-0.05, 0) is 39.7 Å². The second-order valence-electron chi connectivity index (χ2n) is 2.02. The van der Waals surface area contributed by atoms with E-state index < -0.39 is 5.24 Å². The van der Waals surface area contributed by atoms with Crippen LogP contribution in [0, 0.1) is 0 Å². The third-order valence-corrected chi connectivity index (χ3v) is 2.77. The summed E-state index contributed by atoms with van der Waals surface area (Å²) in [5.41, 5.74) is 0.293. The predicted octanol–water partition coefficient (Wildman–Crippen LogP) is 4.24. The van der Waals surface area contributed by atoms with Crippen LogP contribution in [0.3, 0.4) is 0 Å². The fraction of sp³-hybridized carbons (Fsp3) is 0. The second-order valence-corrected chi connectivity index (χ2v) is 4.54. The number of carbonyl (C=O) groups is 1. The van der Waals surface area contributed by atoms with Gasteiger partial charge in [-0.25, -0.2) is 0 Å². The summed E-state index contributed by atoms with van der Waals surface area (Å²) in [6.07, 6.45) is 0. The van der Waals surface area contributed by atoms with Gasteiger partial charge in [0.2, 0.25) is 0 Å². The summed E-state index contributed by atoms with van der Waals surface area (Å²) in [5, 5.41) is -0.240. The average molecular weight is 333 g/mol. The van der Waals surface area contributed by atoms with Gasteiger partial charge in [-0.15, -0.1) is 0 Å². The van der Waals surface area contributed by atoms with E-state index in [1.54, 1.807) is 12.1 Å². The Hall–Kier alpha value is 0.430. The van der Waals surface area contributed by atoms with E-state index in [1.165, 1.54) is 0 Å². The average Bonchev–Trinajstić information content (AvgIpc) is 1.82. The van der Waals surface area contributed by atoms with E-state index in [-0.39, 0.29) is 0 Å². The molecule has 64 valence electrons. The minimum absolute atomic E-state index is 0.293. The first-order valence-corrected chi connectivity index (χ1v) is 5.21. The minimum atomic E-state index is -0.570. The minimum Gasteiger partial charge on any atom is -0.276 e. The maximum atomic E-state index is 10.8. The Labute approximate surface area is 96.3 Å². The molecule has 1 rings (SSSR count). The molecule has 0 aliphatic carbocycles. The maximum Gasteiger partial charge on any atom is 0.255 e. The number of carbonyl (C=O) groups excluding carboxylic acids is 1. The first kappa shape index (κ1) is 10.5. The van der Waals surface area contributed by atoms with Gasteiger partial charge >= 0.3 is 0 Å². The van der Waals surface area contributed by atoms with E-state index in [2.05, 4.69) is 31.9 Å². The predicted molar refractivity (Wildman–Crippen MR) is 57.0 cm³/mol. The van der Waals surface area contributed by atoms with E-state index in [4.69, 9.17) is 23.2 Å². The molecule has 0 spiro atoms. The van der Waals surface area contributed by atoms with Gasteiger partial charge in [-0.1, -0.05) is 27.5 Å². The molecule has 0 unspecified atom stereocenters. The van der Waals surface area contributed by atoms with Gasteiger partial charge in [0, 0.05) is 8.95 Å². The first-order chi connectivity index (χ1) is 5.52. The highest BCUT2D eigenvalue weighted by Gasteiger charge is 2.12. The van der Waals surface area contributed by atoms with Crippen molar-refractivity contribution >= 4 is 60.3 Å². The van der Waals surface area contributed by atoms with Gasteiger partial charge in [0.25, 0.3) is 5.24 Å². The van der Waals surface area contributed by atoms with Crippen LogP contribution in [0.2, 0.25) is 5.02 Å². The van der Waals surface area contributed by atoms with Crippen LogP contribution >= 0.6 is 55.1 Å². The molecule has 1 aromatic carbocycles. The van der Waals surface area contributed by atoms with Gasteiger partial charge in [-0.3, -0.25) is 4.79 Å². The highest BCUT2D eigenvalue weighted by molar-refractivity contribution is 9.11. The topological polar surface area (TPSA) is 17.1 Å². The van der Waals surface area contributed by atoms with Gasteiger partial charge in [0.05, 0.1) is 10.6 Å². The normalized spacial score (nSPS) is 10.0. The van der Waals surface area contributed by atoms with Crippen molar-refractivity contribution in [1.82, 2.24) is 0 Å². The molecular weight excluding hydrogens is 331 g/mol. The number of hydrogen-bond donors (Lipinski definition) is 0. The largest absolute Gasteiger partial charge is 0.276 e. The lowest BCUT2D eigenvalue weighted by Crippen LogP contribution is -1.92. The first-order valence-electron chi connectivity index (χ1n) is 2.86. The highest BCUT2D eigenvalue weighted by atomic mass is 79.9. The van der Waals surface area contributed by atoms with Gasteiger partial charge in [0.1, 0.15) is 0 Å². The molecule has 0 aliphatic heterocycles. The summed E-state index contributed by atoms with van der Waals surface area (Å²) >= 11 is 17.5. The smallest absolute Gasteiger partial charge is 0.255 e. The van der Waals surface area contributed by atoms with Crippen molar-refractivity contribution in [2.75, 3.05) is 0 Å². The zero-order chi connectivity index (χ0) is 9.30. The number of halogens is 4. The fourth-order valence-electron chi connectivity index (χ4n) is 0.730. The molecule has 5 heteroatoms. The molecule has 0 amide bonds. The zero-order valence-corrected chi connectivity index (χ0v) is 10.3. The molecular formula is C7H2Br2Cl2O. The quantitative estimate of drug-likeness (QED) is 0.703. The summed E-state index contributed by atoms with van der Waals surface area (Å²) in [7, 11) is 0. The van der Waals surface area contributed by atoms with Gasteiger partial charge in [-0.2, -0.15) is 0 Å². The fourth-order valence-corrected chi connectivity index (χ4v) is 3.05.